The zero-order chi connectivity index (χ0) is 24.6. The van der Waals surface area contributed by atoms with Crippen LogP contribution in [0.3, 0.4) is 0 Å². The highest BCUT2D eigenvalue weighted by Gasteiger charge is 2.58. The molecule has 35 heavy (non-hydrogen) atoms. The van der Waals surface area contributed by atoms with Crippen LogP contribution in [0, 0.1) is 19.8 Å². The van der Waals surface area contributed by atoms with Crippen molar-refractivity contribution in [1.29, 1.82) is 0 Å². The van der Waals surface area contributed by atoms with Crippen molar-refractivity contribution in [3.8, 4) is 0 Å². The molecule has 8 nitrogen and oxygen atoms in total. The highest BCUT2D eigenvalue weighted by molar-refractivity contribution is 6.07. The van der Waals surface area contributed by atoms with Gasteiger partial charge in [-0.05, 0) is 63.3 Å². The predicted octanol–water partition coefficient (Wildman–Crippen LogP) is 3.18. The first-order chi connectivity index (χ1) is 16.9. The topological polar surface area (TPSA) is 91.8 Å². The molecule has 0 bridgehead atoms. The van der Waals surface area contributed by atoms with Crippen molar-refractivity contribution in [1.82, 2.24) is 20.1 Å². The van der Waals surface area contributed by atoms with Gasteiger partial charge in [0.15, 0.2) is 5.54 Å². The van der Waals surface area contributed by atoms with Crippen LogP contribution in [0.1, 0.15) is 52.9 Å². The average molecular weight is 477 g/mol. The van der Waals surface area contributed by atoms with Crippen LogP contribution in [0.4, 0.5) is 4.79 Å². The Morgan fingerprint density at radius 3 is 2.60 bits per heavy atom. The lowest BCUT2D eigenvalue weighted by Gasteiger charge is -2.40. The summed E-state index contributed by atoms with van der Waals surface area (Å²) in [6.45, 7) is 5.91. The van der Waals surface area contributed by atoms with Gasteiger partial charge in [0.25, 0.3) is 11.8 Å². The maximum Gasteiger partial charge on any atom is 0.325 e. The van der Waals surface area contributed by atoms with Gasteiger partial charge < -0.3 is 15.0 Å². The number of carbonyl (C=O) groups excluding carboxylic acids is 3. The largest absolute Gasteiger partial charge is 0.376 e. The normalized spacial score (nSPS) is 25.3. The van der Waals surface area contributed by atoms with E-state index in [-0.39, 0.29) is 30.4 Å². The summed E-state index contributed by atoms with van der Waals surface area (Å²) in [6, 6.07) is 10.9. The van der Waals surface area contributed by atoms with Gasteiger partial charge in [0, 0.05) is 37.4 Å². The molecule has 0 radical (unpaired) electrons. The summed E-state index contributed by atoms with van der Waals surface area (Å²) in [5.74, 6) is -0.433. The van der Waals surface area contributed by atoms with E-state index in [4.69, 9.17) is 4.74 Å². The van der Waals surface area contributed by atoms with Crippen LogP contribution in [-0.2, 0) is 15.1 Å². The SMILES string of the molecule is Cc1ccc(C(=O)N2CCC(C3(c4ccccn4)NC(=O)N(CC4CCCO4)C3=O)CC2)c(C)c1. The zero-order valence-corrected chi connectivity index (χ0v) is 20.3. The van der Waals surface area contributed by atoms with E-state index < -0.39 is 11.6 Å². The molecule has 2 aromatic rings. The fraction of sp³-hybridized carbons (Fsp3) is 0.481. The van der Waals surface area contributed by atoms with Gasteiger partial charge in [-0.15, -0.1) is 0 Å². The standard InChI is InChI=1S/C27H32N4O4/c1-18-8-9-22(19(2)16-18)24(32)30-13-10-20(11-14-30)27(23-7-3-4-12-28-23)25(33)31(26(34)29-27)17-21-6-5-15-35-21/h3-4,7-9,12,16,20-21H,5-6,10-11,13-15,17H2,1-2H3,(H,29,34). The highest BCUT2D eigenvalue weighted by atomic mass is 16.5. The Morgan fingerprint density at radius 1 is 1.14 bits per heavy atom. The minimum absolute atomic E-state index is 0.00892. The van der Waals surface area contributed by atoms with E-state index in [1.54, 1.807) is 18.3 Å². The average Bonchev–Trinajstić information content (AvgIpc) is 3.47. The number of likely N-dealkylation sites (tertiary alicyclic amines) is 1. The van der Waals surface area contributed by atoms with Gasteiger partial charge in [-0.2, -0.15) is 0 Å². The number of pyridine rings is 1. The van der Waals surface area contributed by atoms with Gasteiger partial charge in [0.2, 0.25) is 0 Å². The van der Waals surface area contributed by atoms with Gasteiger partial charge in [0.1, 0.15) is 0 Å². The Kier molecular flexibility index (Phi) is 6.32. The van der Waals surface area contributed by atoms with Crippen LogP contribution in [0.25, 0.3) is 0 Å². The summed E-state index contributed by atoms with van der Waals surface area (Å²) in [7, 11) is 0. The molecule has 0 saturated carbocycles. The van der Waals surface area contributed by atoms with Gasteiger partial charge in [-0.25, -0.2) is 4.79 Å². The third kappa shape index (κ3) is 4.20. The van der Waals surface area contributed by atoms with E-state index in [0.29, 0.717) is 43.8 Å². The van der Waals surface area contributed by atoms with E-state index in [1.165, 1.54) is 4.90 Å². The number of amides is 4. The first-order valence-electron chi connectivity index (χ1n) is 12.4. The Labute approximate surface area is 205 Å². The summed E-state index contributed by atoms with van der Waals surface area (Å²) in [4.78, 5) is 47.9. The summed E-state index contributed by atoms with van der Waals surface area (Å²) in [5.41, 5.74) is 2.11. The number of carbonyl (C=O) groups is 3. The monoisotopic (exact) mass is 476 g/mol. The molecule has 2 atom stereocenters. The maximum absolute atomic E-state index is 13.9. The minimum atomic E-state index is -1.23. The van der Waals surface area contributed by atoms with E-state index in [1.807, 2.05) is 43.0 Å². The lowest BCUT2D eigenvalue weighted by atomic mass is 9.75. The Balaban J connectivity index is 1.38. The third-order valence-corrected chi connectivity index (χ3v) is 7.62. The van der Waals surface area contributed by atoms with Crippen LogP contribution in [0.5, 0.6) is 0 Å². The molecule has 3 aliphatic rings. The van der Waals surface area contributed by atoms with Crippen molar-refractivity contribution in [3.63, 3.8) is 0 Å². The number of piperidine rings is 1. The molecule has 5 rings (SSSR count). The van der Waals surface area contributed by atoms with Crippen LogP contribution in [0.2, 0.25) is 0 Å². The van der Waals surface area contributed by atoms with E-state index in [0.717, 1.165) is 24.0 Å². The number of hydrogen-bond donors (Lipinski definition) is 1. The molecule has 3 saturated heterocycles. The second-order valence-corrected chi connectivity index (χ2v) is 9.89. The molecular formula is C27H32N4O4. The lowest BCUT2D eigenvalue weighted by Crippen LogP contribution is -2.54. The van der Waals surface area contributed by atoms with Gasteiger partial charge in [-0.1, -0.05) is 23.8 Å². The molecule has 1 N–H and O–H groups in total. The van der Waals surface area contributed by atoms with Crippen LogP contribution in [-0.4, -0.2) is 65.0 Å². The molecule has 3 aliphatic heterocycles. The number of imide groups is 1. The number of ether oxygens (including phenoxy) is 1. The van der Waals surface area contributed by atoms with Crippen LogP contribution >= 0.6 is 0 Å². The Morgan fingerprint density at radius 2 is 1.94 bits per heavy atom. The van der Waals surface area contributed by atoms with Crippen molar-refractivity contribution in [2.45, 2.75) is 51.2 Å². The molecule has 1 aromatic carbocycles. The molecule has 8 heteroatoms. The van der Waals surface area contributed by atoms with Crippen molar-refractivity contribution in [3.05, 3.63) is 65.0 Å². The zero-order valence-electron chi connectivity index (χ0n) is 20.3. The molecule has 4 heterocycles. The number of hydrogen-bond acceptors (Lipinski definition) is 5. The molecule has 2 unspecified atom stereocenters. The lowest BCUT2D eigenvalue weighted by molar-refractivity contribution is -0.135. The highest BCUT2D eigenvalue weighted by Crippen LogP contribution is 2.41. The summed E-state index contributed by atoms with van der Waals surface area (Å²) in [5, 5.41) is 3.03. The number of aryl methyl sites for hydroxylation is 2. The number of urea groups is 1. The van der Waals surface area contributed by atoms with E-state index in [2.05, 4.69) is 10.3 Å². The first kappa shape index (κ1) is 23.5. The predicted molar refractivity (Wildman–Crippen MR) is 130 cm³/mol. The second-order valence-electron chi connectivity index (χ2n) is 9.89. The first-order valence-corrected chi connectivity index (χ1v) is 12.4. The summed E-state index contributed by atoms with van der Waals surface area (Å²) < 4.78 is 5.70. The van der Waals surface area contributed by atoms with E-state index in [9.17, 15) is 14.4 Å². The van der Waals surface area contributed by atoms with Crippen LogP contribution in [0.15, 0.2) is 42.6 Å². The number of nitrogens with zero attached hydrogens (tertiary/aromatic N) is 3. The smallest absolute Gasteiger partial charge is 0.325 e. The summed E-state index contributed by atoms with van der Waals surface area (Å²) in [6.07, 6.45) is 4.48. The molecule has 0 spiro atoms. The number of rotatable bonds is 5. The van der Waals surface area contributed by atoms with Crippen molar-refractivity contribution in [2.75, 3.05) is 26.2 Å². The Hall–Kier alpha value is -3.26. The van der Waals surface area contributed by atoms with Crippen molar-refractivity contribution < 1.29 is 19.1 Å². The molecule has 3 fully saturated rings. The molecule has 184 valence electrons. The van der Waals surface area contributed by atoms with Crippen LogP contribution < -0.4 is 5.32 Å². The molecular weight excluding hydrogens is 444 g/mol. The second kappa shape index (κ2) is 9.41. The van der Waals surface area contributed by atoms with Gasteiger partial charge >= 0.3 is 6.03 Å². The van der Waals surface area contributed by atoms with Gasteiger partial charge in [0.05, 0.1) is 18.3 Å². The molecule has 0 aliphatic carbocycles. The minimum Gasteiger partial charge on any atom is -0.376 e. The molecule has 1 aromatic heterocycles. The van der Waals surface area contributed by atoms with Crippen molar-refractivity contribution >= 4 is 17.8 Å². The third-order valence-electron chi connectivity index (χ3n) is 7.62. The quantitative estimate of drug-likeness (QED) is 0.670. The van der Waals surface area contributed by atoms with Crippen molar-refractivity contribution in [2.24, 2.45) is 5.92 Å². The summed E-state index contributed by atoms with van der Waals surface area (Å²) >= 11 is 0. The number of aromatic nitrogens is 1. The molecule has 4 amide bonds. The van der Waals surface area contributed by atoms with Gasteiger partial charge in [-0.3, -0.25) is 19.5 Å². The fourth-order valence-corrected chi connectivity index (χ4v) is 5.75. The maximum atomic E-state index is 13.9. The van der Waals surface area contributed by atoms with E-state index >= 15 is 0 Å². The Bertz CT molecular complexity index is 1120. The number of benzene rings is 1. The number of nitrogens with one attached hydrogen (secondary N) is 1. The fourth-order valence-electron chi connectivity index (χ4n) is 5.75.